The maximum atomic E-state index is 10.7. The summed E-state index contributed by atoms with van der Waals surface area (Å²) in [5, 5.41) is 10.7. The average molecular weight is 238 g/mol. The molecule has 0 atom stereocenters. The Bertz CT molecular complexity index is 358. The number of unbranched alkanes of at least 4 members (excludes halogenated alkanes) is 3. The van der Waals surface area contributed by atoms with Crippen molar-refractivity contribution in [1.29, 1.82) is 0 Å². The van der Waals surface area contributed by atoms with Gasteiger partial charge in [-0.1, -0.05) is 26.2 Å². The molecular formula is C13H22N2O2. The second kappa shape index (κ2) is 7.09. The van der Waals surface area contributed by atoms with Gasteiger partial charge in [0, 0.05) is 6.42 Å². The van der Waals surface area contributed by atoms with Crippen LogP contribution in [0.2, 0.25) is 0 Å². The quantitative estimate of drug-likeness (QED) is 0.493. The van der Waals surface area contributed by atoms with Gasteiger partial charge in [-0.05, 0) is 13.3 Å². The molecule has 0 aliphatic carbocycles. The van der Waals surface area contributed by atoms with Gasteiger partial charge in [0.2, 0.25) is 0 Å². The lowest BCUT2D eigenvalue weighted by Crippen LogP contribution is -2.45. The molecule has 0 saturated heterocycles. The zero-order chi connectivity index (χ0) is 12.7. The lowest BCUT2D eigenvalue weighted by molar-refractivity contribution is -0.697. The van der Waals surface area contributed by atoms with Crippen molar-refractivity contribution in [2.75, 3.05) is 0 Å². The highest BCUT2D eigenvalue weighted by Gasteiger charge is 2.15. The van der Waals surface area contributed by atoms with Gasteiger partial charge in [0.1, 0.15) is 18.9 Å². The van der Waals surface area contributed by atoms with Crippen LogP contribution < -0.4 is 9.67 Å². The third-order valence-corrected chi connectivity index (χ3v) is 2.98. The van der Waals surface area contributed by atoms with Crippen molar-refractivity contribution in [3.63, 3.8) is 0 Å². The summed E-state index contributed by atoms with van der Waals surface area (Å²) in [5.74, 6) is 0.0615. The number of carbonyl (C=O) groups excluding carboxylic acids is 1. The van der Waals surface area contributed by atoms with Crippen LogP contribution in [0.3, 0.4) is 0 Å². The number of aromatic nitrogens is 2. The van der Waals surface area contributed by atoms with Crippen molar-refractivity contribution in [3.8, 4) is 0 Å². The number of rotatable bonds is 8. The second-order valence-electron chi connectivity index (χ2n) is 4.31. The Hall–Kier alpha value is -1.32. The summed E-state index contributed by atoms with van der Waals surface area (Å²) in [7, 11) is 0. The minimum Gasteiger partial charge on any atom is -0.546 e. The summed E-state index contributed by atoms with van der Waals surface area (Å²) in [4.78, 5) is 10.7. The molecule has 0 bridgehead atoms. The van der Waals surface area contributed by atoms with Crippen LogP contribution in [-0.4, -0.2) is 10.5 Å². The van der Waals surface area contributed by atoms with Crippen LogP contribution in [0.4, 0.5) is 0 Å². The first-order valence-corrected chi connectivity index (χ1v) is 6.46. The van der Waals surface area contributed by atoms with E-state index in [1.165, 1.54) is 19.3 Å². The highest BCUT2D eigenvalue weighted by Crippen LogP contribution is 2.05. The monoisotopic (exact) mass is 238 g/mol. The number of carboxylic acid groups (broad SMARTS) is 1. The minimum absolute atomic E-state index is 0.0455. The van der Waals surface area contributed by atoms with Crippen LogP contribution in [-0.2, 0) is 24.3 Å². The van der Waals surface area contributed by atoms with Gasteiger partial charge in [0.15, 0.2) is 0 Å². The number of imidazole rings is 1. The topological polar surface area (TPSA) is 48.9 Å². The van der Waals surface area contributed by atoms with Gasteiger partial charge < -0.3 is 9.90 Å². The first-order chi connectivity index (χ1) is 8.19. The predicted molar refractivity (Wildman–Crippen MR) is 63.2 cm³/mol. The summed E-state index contributed by atoms with van der Waals surface area (Å²) in [6.45, 7) is 5.09. The van der Waals surface area contributed by atoms with Crippen molar-refractivity contribution in [2.45, 2.75) is 59.0 Å². The molecule has 0 unspecified atom stereocenters. The zero-order valence-corrected chi connectivity index (χ0v) is 10.8. The van der Waals surface area contributed by atoms with Crippen molar-refractivity contribution in [3.05, 3.63) is 18.2 Å². The lowest BCUT2D eigenvalue weighted by atomic mass is 10.1. The standard InChI is InChI=1S/C13H22N2O2/c1-3-5-6-7-8-12-14(4-2)9-10-15(12)11-13(16)17/h9-10H,3-8,11H2,1-2H3. The molecule has 0 aliphatic heterocycles. The SMILES string of the molecule is CCCCCCc1n(CC)cc[n+]1CC(=O)[O-]. The molecule has 4 heteroatoms. The summed E-state index contributed by atoms with van der Waals surface area (Å²) in [6, 6.07) is 0. The fourth-order valence-corrected chi connectivity index (χ4v) is 2.07. The molecule has 0 spiro atoms. The summed E-state index contributed by atoms with van der Waals surface area (Å²) in [5.41, 5.74) is 0. The van der Waals surface area contributed by atoms with Crippen LogP contribution >= 0.6 is 0 Å². The van der Waals surface area contributed by atoms with Crippen molar-refractivity contribution < 1.29 is 14.5 Å². The number of aryl methyl sites for hydroxylation is 1. The summed E-state index contributed by atoms with van der Waals surface area (Å²) in [6.07, 6.45) is 9.49. The Morgan fingerprint density at radius 1 is 1.35 bits per heavy atom. The Kier molecular flexibility index (Phi) is 5.73. The van der Waals surface area contributed by atoms with Crippen LogP contribution in [0.25, 0.3) is 0 Å². The van der Waals surface area contributed by atoms with Gasteiger partial charge in [-0.15, -0.1) is 0 Å². The van der Waals surface area contributed by atoms with E-state index in [0.29, 0.717) is 0 Å². The predicted octanol–water partition coefficient (Wildman–Crippen LogP) is 0.668. The molecule has 0 amide bonds. The molecule has 0 saturated carbocycles. The Balaban J connectivity index is 2.64. The van der Waals surface area contributed by atoms with E-state index in [4.69, 9.17) is 0 Å². The van der Waals surface area contributed by atoms with E-state index < -0.39 is 5.97 Å². The van der Waals surface area contributed by atoms with Gasteiger partial charge in [-0.25, -0.2) is 9.13 Å². The van der Waals surface area contributed by atoms with E-state index in [0.717, 1.165) is 25.2 Å². The summed E-state index contributed by atoms with van der Waals surface area (Å²) < 4.78 is 3.89. The molecule has 0 fully saturated rings. The third-order valence-electron chi connectivity index (χ3n) is 2.98. The molecule has 1 aromatic rings. The first-order valence-electron chi connectivity index (χ1n) is 6.46. The van der Waals surface area contributed by atoms with E-state index in [1.54, 1.807) is 4.57 Å². The Morgan fingerprint density at radius 3 is 2.71 bits per heavy atom. The van der Waals surface area contributed by atoms with Crippen LogP contribution in [0, 0.1) is 0 Å². The zero-order valence-electron chi connectivity index (χ0n) is 10.8. The summed E-state index contributed by atoms with van der Waals surface area (Å²) >= 11 is 0. The largest absolute Gasteiger partial charge is 0.546 e. The maximum absolute atomic E-state index is 10.7. The number of nitrogens with zero attached hydrogens (tertiary/aromatic N) is 2. The molecular weight excluding hydrogens is 216 g/mol. The van der Waals surface area contributed by atoms with Crippen molar-refractivity contribution in [1.82, 2.24) is 4.57 Å². The van der Waals surface area contributed by atoms with Gasteiger partial charge in [0.25, 0.3) is 5.82 Å². The molecule has 1 rings (SSSR count). The normalized spacial score (nSPS) is 10.7. The molecule has 0 aliphatic rings. The maximum Gasteiger partial charge on any atom is 0.256 e. The molecule has 4 nitrogen and oxygen atoms in total. The third kappa shape index (κ3) is 4.21. The molecule has 17 heavy (non-hydrogen) atoms. The van der Waals surface area contributed by atoms with E-state index in [2.05, 4.69) is 18.4 Å². The van der Waals surface area contributed by atoms with Crippen LogP contribution in [0.5, 0.6) is 0 Å². The minimum atomic E-state index is -1.03. The molecule has 96 valence electrons. The molecule has 1 heterocycles. The fourth-order valence-electron chi connectivity index (χ4n) is 2.07. The Labute approximate surface area is 103 Å². The smallest absolute Gasteiger partial charge is 0.256 e. The Morgan fingerprint density at radius 2 is 2.12 bits per heavy atom. The number of carboxylic acids is 1. The highest BCUT2D eigenvalue weighted by molar-refractivity contribution is 5.62. The van der Waals surface area contributed by atoms with E-state index in [9.17, 15) is 9.90 Å². The van der Waals surface area contributed by atoms with E-state index in [-0.39, 0.29) is 6.54 Å². The first kappa shape index (κ1) is 13.7. The van der Waals surface area contributed by atoms with E-state index >= 15 is 0 Å². The van der Waals surface area contributed by atoms with Crippen molar-refractivity contribution >= 4 is 5.97 Å². The number of hydrogen-bond donors (Lipinski definition) is 0. The molecule has 0 radical (unpaired) electrons. The molecule has 1 aromatic heterocycles. The van der Waals surface area contributed by atoms with Crippen molar-refractivity contribution in [2.24, 2.45) is 0 Å². The number of aliphatic carboxylic acids is 1. The van der Waals surface area contributed by atoms with Gasteiger partial charge in [0.05, 0.1) is 12.5 Å². The van der Waals surface area contributed by atoms with Crippen LogP contribution in [0.1, 0.15) is 45.4 Å². The number of carbonyl (C=O) groups is 1. The highest BCUT2D eigenvalue weighted by atomic mass is 16.4. The number of hydrogen-bond acceptors (Lipinski definition) is 2. The van der Waals surface area contributed by atoms with Crippen LogP contribution in [0.15, 0.2) is 12.4 Å². The molecule has 0 aromatic carbocycles. The molecule has 0 N–H and O–H groups in total. The van der Waals surface area contributed by atoms with E-state index in [1.807, 2.05) is 12.4 Å². The van der Waals surface area contributed by atoms with Gasteiger partial charge in [-0.3, -0.25) is 0 Å². The second-order valence-corrected chi connectivity index (χ2v) is 4.31. The van der Waals surface area contributed by atoms with Gasteiger partial charge >= 0.3 is 0 Å². The lowest BCUT2D eigenvalue weighted by Gasteiger charge is -2.04. The average Bonchev–Trinajstić information content (AvgIpc) is 2.66. The fraction of sp³-hybridized carbons (Fsp3) is 0.692. The van der Waals surface area contributed by atoms with Gasteiger partial charge in [-0.2, -0.15) is 0 Å².